The lowest BCUT2D eigenvalue weighted by atomic mass is 10.1. The van der Waals surface area contributed by atoms with E-state index in [2.05, 4.69) is 0 Å². The highest BCUT2D eigenvalue weighted by atomic mass is 32.2. The van der Waals surface area contributed by atoms with Gasteiger partial charge in [0, 0.05) is 25.5 Å². The van der Waals surface area contributed by atoms with Crippen LogP contribution < -0.4 is 5.73 Å². The molecule has 0 aliphatic heterocycles. The van der Waals surface area contributed by atoms with Crippen LogP contribution in [0, 0.1) is 0 Å². The van der Waals surface area contributed by atoms with Crippen LogP contribution in [0.3, 0.4) is 0 Å². The Kier molecular flexibility index (Phi) is 5.17. The summed E-state index contributed by atoms with van der Waals surface area (Å²) in [4.78, 5) is 0.0724. The van der Waals surface area contributed by atoms with Gasteiger partial charge < -0.3 is 5.73 Å². The van der Waals surface area contributed by atoms with Gasteiger partial charge in [0.1, 0.15) is 9.84 Å². The summed E-state index contributed by atoms with van der Waals surface area (Å²) in [6, 6.07) is 4.57. The molecule has 0 aliphatic rings. The van der Waals surface area contributed by atoms with Crippen molar-refractivity contribution in [3.63, 3.8) is 0 Å². The quantitative estimate of drug-likeness (QED) is 0.770. The predicted octanol–water partition coefficient (Wildman–Crippen LogP) is 0.496. The third kappa shape index (κ3) is 4.19. The highest BCUT2D eigenvalue weighted by Gasteiger charge is 2.22. The van der Waals surface area contributed by atoms with Crippen molar-refractivity contribution >= 4 is 25.5 Å². The summed E-state index contributed by atoms with van der Waals surface area (Å²) in [5, 5.41) is 0. The molecule has 0 radical (unpaired) electrons. The largest absolute Gasteiger partial charge is 0.398 e. The van der Waals surface area contributed by atoms with Crippen LogP contribution in [0.4, 0.5) is 5.69 Å². The van der Waals surface area contributed by atoms with Crippen LogP contribution in [0.25, 0.3) is 0 Å². The highest BCUT2D eigenvalue weighted by molar-refractivity contribution is 7.91. The minimum atomic E-state index is -3.72. The molecular formula is C12H20N2O4S2. The molecule has 0 atom stereocenters. The van der Waals surface area contributed by atoms with Gasteiger partial charge in [0.2, 0.25) is 10.0 Å². The number of anilines is 1. The molecule has 0 saturated carbocycles. The van der Waals surface area contributed by atoms with Gasteiger partial charge in [0.05, 0.1) is 10.6 Å². The van der Waals surface area contributed by atoms with E-state index in [4.69, 9.17) is 5.73 Å². The second-order valence-corrected chi connectivity index (χ2v) is 8.98. The molecule has 0 bridgehead atoms. The molecule has 0 spiro atoms. The Morgan fingerprint density at radius 1 is 1.20 bits per heavy atom. The predicted molar refractivity (Wildman–Crippen MR) is 79.8 cm³/mol. The monoisotopic (exact) mass is 320 g/mol. The zero-order valence-corrected chi connectivity index (χ0v) is 13.5. The zero-order chi connectivity index (χ0) is 15.6. The van der Waals surface area contributed by atoms with E-state index in [1.165, 1.54) is 19.2 Å². The zero-order valence-electron chi connectivity index (χ0n) is 11.8. The average Bonchev–Trinajstić information content (AvgIpc) is 2.34. The lowest BCUT2D eigenvalue weighted by Gasteiger charge is -2.17. The van der Waals surface area contributed by atoms with E-state index in [1.807, 2.05) is 6.92 Å². The maximum atomic E-state index is 12.3. The summed E-state index contributed by atoms with van der Waals surface area (Å²) in [7, 11) is -5.58. The Hall–Kier alpha value is -1.12. The Labute approximate surface area is 120 Å². The van der Waals surface area contributed by atoms with Crippen LogP contribution in [0.1, 0.15) is 12.5 Å². The van der Waals surface area contributed by atoms with E-state index < -0.39 is 19.9 Å². The number of sulfonamides is 1. The molecule has 0 amide bonds. The van der Waals surface area contributed by atoms with E-state index in [1.54, 1.807) is 6.07 Å². The number of hydrogen-bond acceptors (Lipinski definition) is 5. The fraction of sp³-hybridized carbons (Fsp3) is 0.500. The van der Waals surface area contributed by atoms with Crippen molar-refractivity contribution in [3.05, 3.63) is 23.8 Å². The van der Waals surface area contributed by atoms with E-state index in [9.17, 15) is 16.8 Å². The Bertz CT molecular complexity index is 681. The molecule has 0 unspecified atom stereocenters. The van der Waals surface area contributed by atoms with Crippen LogP contribution in [0.5, 0.6) is 0 Å². The minimum absolute atomic E-state index is 0.0724. The number of nitrogen functional groups attached to an aromatic ring is 1. The Morgan fingerprint density at radius 3 is 2.25 bits per heavy atom. The first-order valence-electron chi connectivity index (χ1n) is 6.10. The Morgan fingerprint density at radius 2 is 1.80 bits per heavy atom. The second-order valence-electron chi connectivity index (χ2n) is 4.67. The summed E-state index contributed by atoms with van der Waals surface area (Å²) >= 11 is 0. The number of hydrogen-bond donors (Lipinski definition) is 1. The molecule has 0 heterocycles. The van der Waals surface area contributed by atoms with Gasteiger partial charge in [0.15, 0.2) is 0 Å². The number of aryl methyl sites for hydroxylation is 1. The summed E-state index contributed by atoms with van der Waals surface area (Å²) in [5.74, 6) is -0.217. The molecule has 2 N–H and O–H groups in total. The standard InChI is InChI=1S/C12H20N2O4S2/c1-4-10-5-6-11(9-12(10)13)20(17,18)14(2)7-8-19(3,15)16/h5-6,9H,4,7-8,13H2,1-3H3. The van der Waals surface area contributed by atoms with Crippen molar-refractivity contribution in [2.45, 2.75) is 18.2 Å². The summed E-state index contributed by atoms with van der Waals surface area (Å²) in [6.07, 6.45) is 1.79. The normalized spacial score (nSPS) is 12.8. The molecule has 8 heteroatoms. The molecule has 1 rings (SSSR count). The molecule has 1 aromatic carbocycles. The highest BCUT2D eigenvalue weighted by Crippen LogP contribution is 2.21. The molecule has 114 valence electrons. The first kappa shape index (κ1) is 16.9. The van der Waals surface area contributed by atoms with Crippen molar-refractivity contribution in [1.29, 1.82) is 0 Å². The number of benzene rings is 1. The molecule has 0 saturated heterocycles. The Balaban J connectivity index is 3.01. The summed E-state index contributed by atoms with van der Waals surface area (Å²) in [5.41, 5.74) is 7.09. The van der Waals surface area contributed by atoms with Gasteiger partial charge in [-0.25, -0.2) is 16.8 Å². The van der Waals surface area contributed by atoms with Gasteiger partial charge in [-0.3, -0.25) is 0 Å². The molecule has 0 fully saturated rings. The third-order valence-electron chi connectivity index (χ3n) is 2.98. The molecule has 20 heavy (non-hydrogen) atoms. The van der Waals surface area contributed by atoms with Gasteiger partial charge in [-0.2, -0.15) is 4.31 Å². The van der Waals surface area contributed by atoms with Crippen molar-refractivity contribution in [2.24, 2.45) is 0 Å². The molecule has 0 aromatic heterocycles. The van der Waals surface area contributed by atoms with Crippen molar-refractivity contribution in [2.75, 3.05) is 31.3 Å². The van der Waals surface area contributed by atoms with Crippen molar-refractivity contribution in [3.8, 4) is 0 Å². The summed E-state index contributed by atoms with van der Waals surface area (Å²) < 4.78 is 47.8. The third-order valence-corrected chi connectivity index (χ3v) is 5.76. The van der Waals surface area contributed by atoms with Gasteiger partial charge in [0.25, 0.3) is 0 Å². The second kappa shape index (κ2) is 6.11. The lowest BCUT2D eigenvalue weighted by molar-refractivity contribution is 0.485. The fourth-order valence-electron chi connectivity index (χ4n) is 1.65. The van der Waals surface area contributed by atoms with Crippen molar-refractivity contribution in [1.82, 2.24) is 4.31 Å². The number of sulfone groups is 1. The van der Waals surface area contributed by atoms with Gasteiger partial charge in [-0.05, 0) is 24.1 Å². The topological polar surface area (TPSA) is 97.5 Å². The van der Waals surface area contributed by atoms with Crippen LogP contribution >= 0.6 is 0 Å². The van der Waals surface area contributed by atoms with E-state index >= 15 is 0 Å². The van der Waals surface area contributed by atoms with Crippen LogP contribution in [-0.4, -0.2) is 46.7 Å². The van der Waals surface area contributed by atoms with Gasteiger partial charge in [-0.15, -0.1) is 0 Å². The fourth-order valence-corrected chi connectivity index (χ4v) is 3.58. The van der Waals surface area contributed by atoms with E-state index in [0.717, 1.165) is 22.5 Å². The lowest BCUT2D eigenvalue weighted by Crippen LogP contribution is -2.31. The number of nitrogens with zero attached hydrogens (tertiary/aromatic N) is 1. The maximum Gasteiger partial charge on any atom is 0.242 e. The molecular weight excluding hydrogens is 300 g/mol. The van der Waals surface area contributed by atoms with Crippen LogP contribution in [0.15, 0.2) is 23.1 Å². The molecule has 0 aliphatic carbocycles. The first-order valence-corrected chi connectivity index (χ1v) is 9.60. The van der Waals surface area contributed by atoms with Crippen LogP contribution in [0.2, 0.25) is 0 Å². The van der Waals surface area contributed by atoms with E-state index in [-0.39, 0.29) is 17.2 Å². The van der Waals surface area contributed by atoms with Crippen molar-refractivity contribution < 1.29 is 16.8 Å². The van der Waals surface area contributed by atoms with E-state index in [0.29, 0.717) is 5.69 Å². The number of rotatable bonds is 6. The first-order chi connectivity index (χ1) is 9.08. The average molecular weight is 320 g/mol. The van der Waals surface area contributed by atoms with Crippen LogP contribution in [-0.2, 0) is 26.3 Å². The van der Waals surface area contributed by atoms with Gasteiger partial charge >= 0.3 is 0 Å². The SMILES string of the molecule is CCc1ccc(S(=O)(=O)N(C)CCS(C)(=O)=O)cc1N. The smallest absolute Gasteiger partial charge is 0.242 e. The molecule has 6 nitrogen and oxygen atoms in total. The number of nitrogens with two attached hydrogens (primary N) is 1. The molecule has 1 aromatic rings. The maximum absolute atomic E-state index is 12.3. The minimum Gasteiger partial charge on any atom is -0.398 e. The van der Waals surface area contributed by atoms with Gasteiger partial charge in [-0.1, -0.05) is 13.0 Å². The summed E-state index contributed by atoms with van der Waals surface area (Å²) in [6.45, 7) is 1.84.